The number of carbonyl (C=O) groups excluding carboxylic acids is 1. The maximum Gasteiger partial charge on any atom is 0.418 e. The van der Waals surface area contributed by atoms with Gasteiger partial charge in [0.05, 0.1) is 29.1 Å². The van der Waals surface area contributed by atoms with Gasteiger partial charge in [-0.3, -0.25) is 9.59 Å². The number of ether oxygens (including phenoxy) is 2. The molecule has 1 aliphatic heterocycles. The van der Waals surface area contributed by atoms with Crippen LogP contribution in [-0.2, 0) is 30.4 Å². The number of hydrogen-bond acceptors (Lipinski definition) is 4. The molecular weight excluding hydrogens is 511 g/mol. The molecule has 0 aliphatic carbocycles. The number of carbonyl (C=O) groups is 1. The number of nitrogens with one attached hydrogen (secondary N) is 1. The number of anilines is 1. The molecular formula is C29H26F3N3O4. The quantitative estimate of drug-likeness (QED) is 0.278. The first-order valence-corrected chi connectivity index (χ1v) is 12.5. The molecule has 0 bridgehead atoms. The smallest absolute Gasteiger partial charge is 0.418 e. The van der Waals surface area contributed by atoms with Gasteiger partial charge in [-0.05, 0) is 49.2 Å². The summed E-state index contributed by atoms with van der Waals surface area (Å²) in [7, 11) is 0. The first-order chi connectivity index (χ1) is 18.7. The zero-order chi connectivity index (χ0) is 27.7. The van der Waals surface area contributed by atoms with Crippen molar-refractivity contribution in [1.29, 1.82) is 0 Å². The third kappa shape index (κ3) is 5.01. The van der Waals surface area contributed by atoms with Gasteiger partial charge < -0.3 is 14.8 Å². The van der Waals surface area contributed by atoms with E-state index in [9.17, 15) is 22.8 Å². The summed E-state index contributed by atoms with van der Waals surface area (Å²) < 4.78 is 55.1. The minimum absolute atomic E-state index is 0.137. The zero-order valence-electron chi connectivity index (χ0n) is 21.3. The molecule has 0 fully saturated rings. The van der Waals surface area contributed by atoms with Crippen molar-refractivity contribution < 1.29 is 27.4 Å². The third-order valence-electron chi connectivity index (χ3n) is 6.50. The van der Waals surface area contributed by atoms with Crippen LogP contribution in [0.4, 0.5) is 18.9 Å². The largest absolute Gasteiger partial charge is 0.490 e. The Labute approximate surface area is 222 Å². The second-order valence-corrected chi connectivity index (χ2v) is 9.03. The van der Waals surface area contributed by atoms with Gasteiger partial charge in [-0.15, -0.1) is 0 Å². The number of alkyl halides is 3. The molecule has 39 heavy (non-hydrogen) atoms. The average molecular weight is 538 g/mol. The van der Waals surface area contributed by atoms with Gasteiger partial charge in [-0.1, -0.05) is 43.3 Å². The summed E-state index contributed by atoms with van der Waals surface area (Å²) in [6.45, 7) is 3.76. The SMILES string of the molecule is CCOc1cccc2c1Oc1c(c(=O)n(-c3ccc(CC)cc3)n1CC(=O)Nc1ccccc1C(F)(F)F)C2. The Bertz CT molecular complexity index is 1590. The van der Waals surface area contributed by atoms with E-state index in [0.29, 0.717) is 29.4 Å². The molecule has 0 atom stereocenters. The van der Waals surface area contributed by atoms with Crippen LogP contribution >= 0.6 is 0 Å². The minimum atomic E-state index is -4.65. The minimum Gasteiger partial charge on any atom is -0.490 e. The first kappa shape index (κ1) is 26.1. The Morgan fingerprint density at radius 2 is 1.77 bits per heavy atom. The van der Waals surface area contributed by atoms with Crippen LogP contribution in [0.2, 0.25) is 0 Å². The Hall–Kier alpha value is -4.47. The fourth-order valence-corrected chi connectivity index (χ4v) is 4.65. The number of para-hydroxylation sites is 2. The average Bonchev–Trinajstić information content (AvgIpc) is 3.17. The highest BCUT2D eigenvalue weighted by atomic mass is 19.4. The molecule has 202 valence electrons. The van der Waals surface area contributed by atoms with Crippen molar-refractivity contribution in [3.05, 3.63) is 99.3 Å². The topological polar surface area (TPSA) is 74.5 Å². The van der Waals surface area contributed by atoms with Gasteiger partial charge in [0.15, 0.2) is 11.5 Å². The van der Waals surface area contributed by atoms with Crippen molar-refractivity contribution in [3.8, 4) is 23.1 Å². The molecule has 1 aliphatic rings. The van der Waals surface area contributed by atoms with E-state index in [1.807, 2.05) is 38.1 Å². The first-order valence-electron chi connectivity index (χ1n) is 12.5. The van der Waals surface area contributed by atoms with E-state index in [-0.39, 0.29) is 23.5 Å². The second kappa shape index (κ2) is 10.4. The number of aryl methyl sites for hydroxylation is 1. The van der Waals surface area contributed by atoms with Crippen molar-refractivity contribution in [2.75, 3.05) is 11.9 Å². The Kier molecular flexibility index (Phi) is 6.94. The molecule has 10 heteroatoms. The zero-order valence-corrected chi connectivity index (χ0v) is 21.3. The Balaban J connectivity index is 1.59. The summed E-state index contributed by atoms with van der Waals surface area (Å²) in [6.07, 6.45) is -3.61. The van der Waals surface area contributed by atoms with Crippen molar-refractivity contribution in [1.82, 2.24) is 9.36 Å². The molecule has 0 saturated carbocycles. The predicted molar refractivity (Wildman–Crippen MR) is 140 cm³/mol. The monoisotopic (exact) mass is 537 g/mol. The number of amides is 1. The predicted octanol–water partition coefficient (Wildman–Crippen LogP) is 5.95. The molecule has 1 amide bonds. The number of fused-ring (bicyclic) bond motifs is 2. The summed E-state index contributed by atoms with van der Waals surface area (Å²) >= 11 is 0. The maximum atomic E-state index is 13.7. The molecule has 0 spiro atoms. The lowest BCUT2D eigenvalue weighted by Crippen LogP contribution is -2.28. The van der Waals surface area contributed by atoms with E-state index in [4.69, 9.17) is 9.47 Å². The fourth-order valence-electron chi connectivity index (χ4n) is 4.65. The lowest BCUT2D eigenvalue weighted by atomic mass is 10.0. The molecule has 1 aromatic heterocycles. The molecule has 2 heterocycles. The highest BCUT2D eigenvalue weighted by Crippen LogP contribution is 2.42. The van der Waals surface area contributed by atoms with Crippen LogP contribution in [0.1, 0.15) is 36.1 Å². The van der Waals surface area contributed by atoms with Crippen LogP contribution in [0, 0.1) is 0 Å². The number of benzene rings is 3. The molecule has 3 aromatic carbocycles. The van der Waals surface area contributed by atoms with Crippen LogP contribution in [0.3, 0.4) is 0 Å². The lowest BCUT2D eigenvalue weighted by Gasteiger charge is -2.22. The number of rotatable bonds is 7. The normalized spacial score (nSPS) is 12.3. The van der Waals surface area contributed by atoms with Gasteiger partial charge in [0.2, 0.25) is 11.8 Å². The van der Waals surface area contributed by atoms with Crippen LogP contribution in [-0.4, -0.2) is 21.9 Å². The maximum absolute atomic E-state index is 13.7. The summed E-state index contributed by atoms with van der Waals surface area (Å²) in [5.74, 6) is 0.305. The standard InChI is InChI=1S/C29H26F3N3O4/c1-3-18-12-14-20(15-13-18)35-27(37)21-16-19-8-7-11-24(38-4-2)26(19)39-28(21)34(35)17-25(36)33-23-10-6-5-9-22(23)29(30,31)32/h5-15H,3-4,16-17H2,1-2H3,(H,33,36). The lowest BCUT2D eigenvalue weighted by molar-refractivity contribution is -0.137. The molecule has 7 nitrogen and oxygen atoms in total. The van der Waals surface area contributed by atoms with Crippen LogP contribution < -0.4 is 20.3 Å². The van der Waals surface area contributed by atoms with Crippen LogP contribution in [0.15, 0.2) is 71.5 Å². The Morgan fingerprint density at radius 3 is 2.46 bits per heavy atom. The van der Waals surface area contributed by atoms with Crippen LogP contribution in [0.25, 0.3) is 5.69 Å². The highest BCUT2D eigenvalue weighted by molar-refractivity contribution is 5.91. The van der Waals surface area contributed by atoms with Crippen molar-refractivity contribution >= 4 is 11.6 Å². The van der Waals surface area contributed by atoms with Gasteiger partial charge >= 0.3 is 6.18 Å². The van der Waals surface area contributed by atoms with E-state index in [1.54, 1.807) is 18.2 Å². The van der Waals surface area contributed by atoms with Crippen molar-refractivity contribution in [2.45, 2.75) is 39.4 Å². The highest BCUT2D eigenvalue weighted by Gasteiger charge is 2.34. The molecule has 4 aromatic rings. The summed E-state index contributed by atoms with van der Waals surface area (Å²) in [5, 5.41) is 2.35. The van der Waals surface area contributed by atoms with E-state index >= 15 is 0 Å². The number of aromatic nitrogens is 2. The number of hydrogen-bond donors (Lipinski definition) is 1. The number of halogens is 3. The van der Waals surface area contributed by atoms with Gasteiger partial charge in [0, 0.05) is 12.0 Å². The summed E-state index contributed by atoms with van der Waals surface area (Å²) in [6, 6.07) is 17.4. The fraction of sp³-hybridized carbons (Fsp3) is 0.241. The van der Waals surface area contributed by atoms with Gasteiger partial charge in [-0.25, -0.2) is 9.36 Å². The van der Waals surface area contributed by atoms with E-state index in [2.05, 4.69) is 5.32 Å². The molecule has 0 radical (unpaired) electrons. The van der Waals surface area contributed by atoms with Crippen molar-refractivity contribution in [3.63, 3.8) is 0 Å². The molecule has 1 N–H and O–H groups in total. The molecule has 5 rings (SSSR count). The third-order valence-corrected chi connectivity index (χ3v) is 6.50. The Morgan fingerprint density at radius 1 is 1.03 bits per heavy atom. The molecule has 0 unspecified atom stereocenters. The molecule has 0 saturated heterocycles. The summed E-state index contributed by atoms with van der Waals surface area (Å²) in [5.41, 5.74) is 0.909. The van der Waals surface area contributed by atoms with Crippen LogP contribution in [0.5, 0.6) is 17.4 Å². The number of nitrogens with zero attached hydrogens (tertiary/aromatic N) is 2. The second-order valence-electron chi connectivity index (χ2n) is 9.03. The van der Waals surface area contributed by atoms with Crippen molar-refractivity contribution in [2.24, 2.45) is 0 Å². The van der Waals surface area contributed by atoms with E-state index in [0.717, 1.165) is 23.6 Å². The summed E-state index contributed by atoms with van der Waals surface area (Å²) in [4.78, 5) is 26.8. The van der Waals surface area contributed by atoms with E-state index < -0.39 is 24.2 Å². The van der Waals surface area contributed by atoms with E-state index in [1.165, 1.54) is 27.6 Å². The van der Waals surface area contributed by atoms with Gasteiger partial charge in [-0.2, -0.15) is 13.2 Å². The van der Waals surface area contributed by atoms with Gasteiger partial charge in [0.1, 0.15) is 6.54 Å². The van der Waals surface area contributed by atoms with Gasteiger partial charge in [0.25, 0.3) is 5.56 Å².